The van der Waals surface area contributed by atoms with Crippen molar-refractivity contribution in [2.45, 2.75) is 38.7 Å². The van der Waals surface area contributed by atoms with Crippen molar-refractivity contribution in [2.24, 2.45) is 4.99 Å². The summed E-state index contributed by atoms with van der Waals surface area (Å²) in [5.41, 5.74) is 0.967. The Balaban J connectivity index is 0.00000264. The Morgan fingerprint density at radius 3 is 2.70 bits per heavy atom. The number of hydrogen-bond donors (Lipinski definition) is 2. The van der Waals surface area contributed by atoms with Crippen LogP contribution in [0.4, 0.5) is 0 Å². The lowest BCUT2D eigenvalue weighted by molar-refractivity contribution is 0.187. The third-order valence-corrected chi connectivity index (χ3v) is 4.35. The molecule has 0 aliphatic carbocycles. The molecule has 0 spiro atoms. The normalized spacial score (nSPS) is 18.7. The summed E-state index contributed by atoms with van der Waals surface area (Å²) in [4.78, 5) is 6.90. The van der Waals surface area contributed by atoms with Gasteiger partial charge in [0.25, 0.3) is 0 Å². The second kappa shape index (κ2) is 9.08. The van der Waals surface area contributed by atoms with Gasteiger partial charge >= 0.3 is 0 Å². The summed E-state index contributed by atoms with van der Waals surface area (Å²) < 4.78 is 0. The number of nitrogens with zero attached hydrogens (tertiary/aromatic N) is 2. The highest BCUT2D eigenvalue weighted by atomic mass is 127. The van der Waals surface area contributed by atoms with Gasteiger partial charge in [-0.05, 0) is 25.0 Å². The van der Waals surface area contributed by atoms with Crippen molar-refractivity contribution in [1.82, 2.24) is 10.2 Å². The van der Waals surface area contributed by atoms with E-state index in [1.807, 2.05) is 18.2 Å². The molecular formula is C17H27ClIN3O. The number of guanidine groups is 1. The molecule has 6 heteroatoms. The molecule has 1 aliphatic rings. The molecular weight excluding hydrogens is 425 g/mol. The Morgan fingerprint density at radius 2 is 2.13 bits per heavy atom. The fourth-order valence-electron chi connectivity index (χ4n) is 2.73. The van der Waals surface area contributed by atoms with Crippen LogP contribution in [0.5, 0.6) is 0 Å². The standard InChI is InChI=1S/C17H26ClN3O.HI/c1-4-19-16(21-10-9-13(22)11-21)20-12-17(2,3)14-7-5-6-8-15(14)18;/h5-8,13,22H,4,9-12H2,1-3H3,(H,19,20);1H/t13-;/m1./s1. The Kier molecular flexibility index (Phi) is 8.10. The molecule has 2 rings (SSSR count). The number of aliphatic hydroxyl groups is 1. The molecule has 0 aromatic heterocycles. The molecule has 1 heterocycles. The molecule has 1 aromatic carbocycles. The van der Waals surface area contributed by atoms with Crippen molar-refractivity contribution >= 4 is 41.5 Å². The lowest BCUT2D eigenvalue weighted by Gasteiger charge is -2.27. The van der Waals surface area contributed by atoms with Crippen LogP contribution in [0.25, 0.3) is 0 Å². The van der Waals surface area contributed by atoms with Crippen molar-refractivity contribution in [1.29, 1.82) is 0 Å². The average Bonchev–Trinajstić information content (AvgIpc) is 2.90. The molecule has 1 fully saturated rings. The van der Waals surface area contributed by atoms with Gasteiger partial charge in [-0.25, -0.2) is 0 Å². The van der Waals surface area contributed by atoms with E-state index in [4.69, 9.17) is 16.6 Å². The monoisotopic (exact) mass is 451 g/mol. The zero-order valence-electron chi connectivity index (χ0n) is 14.1. The summed E-state index contributed by atoms with van der Waals surface area (Å²) in [6.45, 7) is 9.32. The maximum atomic E-state index is 9.72. The van der Waals surface area contributed by atoms with E-state index in [1.165, 1.54) is 0 Å². The molecule has 1 saturated heterocycles. The van der Waals surface area contributed by atoms with E-state index in [9.17, 15) is 5.11 Å². The Morgan fingerprint density at radius 1 is 1.43 bits per heavy atom. The number of nitrogens with one attached hydrogen (secondary N) is 1. The number of aliphatic hydroxyl groups excluding tert-OH is 1. The number of likely N-dealkylation sites (tertiary alicyclic amines) is 1. The van der Waals surface area contributed by atoms with E-state index >= 15 is 0 Å². The number of hydrogen-bond acceptors (Lipinski definition) is 2. The summed E-state index contributed by atoms with van der Waals surface area (Å²) in [5, 5.41) is 13.8. The predicted octanol–water partition coefficient (Wildman–Crippen LogP) is 3.27. The molecule has 0 bridgehead atoms. The fraction of sp³-hybridized carbons (Fsp3) is 0.588. The van der Waals surface area contributed by atoms with Gasteiger partial charge in [-0.2, -0.15) is 0 Å². The van der Waals surface area contributed by atoms with Crippen LogP contribution >= 0.6 is 35.6 Å². The molecule has 2 N–H and O–H groups in total. The van der Waals surface area contributed by atoms with Gasteiger partial charge in [-0.15, -0.1) is 24.0 Å². The molecule has 0 amide bonds. The highest BCUT2D eigenvalue weighted by Gasteiger charge is 2.26. The van der Waals surface area contributed by atoms with Crippen molar-refractivity contribution in [2.75, 3.05) is 26.2 Å². The van der Waals surface area contributed by atoms with E-state index in [1.54, 1.807) is 0 Å². The third kappa shape index (κ3) is 5.50. The van der Waals surface area contributed by atoms with Gasteiger partial charge in [0.05, 0.1) is 12.6 Å². The second-order valence-corrected chi connectivity index (χ2v) is 6.83. The minimum absolute atomic E-state index is 0. The van der Waals surface area contributed by atoms with Crippen LogP contribution in [0.3, 0.4) is 0 Å². The molecule has 1 aromatic rings. The molecule has 0 unspecified atom stereocenters. The Labute approximate surface area is 161 Å². The van der Waals surface area contributed by atoms with Crippen LogP contribution in [-0.2, 0) is 5.41 Å². The quantitative estimate of drug-likeness (QED) is 0.420. The number of aliphatic imine (C=N–C) groups is 1. The number of β-amino-alcohol motifs (C(OH)–C–C–N with tert-alkyl or cyclic N) is 1. The molecule has 4 nitrogen and oxygen atoms in total. The SMILES string of the molecule is CCNC(=NCC(C)(C)c1ccccc1Cl)N1CC[C@@H](O)C1.I. The maximum absolute atomic E-state index is 9.72. The van der Waals surface area contributed by atoms with Gasteiger partial charge in [-0.1, -0.05) is 43.6 Å². The molecule has 130 valence electrons. The highest BCUT2D eigenvalue weighted by molar-refractivity contribution is 14.0. The van der Waals surface area contributed by atoms with Crippen LogP contribution in [0.1, 0.15) is 32.8 Å². The topological polar surface area (TPSA) is 47.9 Å². The van der Waals surface area contributed by atoms with E-state index in [0.29, 0.717) is 13.1 Å². The third-order valence-electron chi connectivity index (χ3n) is 4.02. The van der Waals surface area contributed by atoms with Crippen LogP contribution in [-0.4, -0.2) is 48.2 Å². The number of rotatable bonds is 4. The first-order chi connectivity index (χ1) is 10.4. The van der Waals surface area contributed by atoms with Crippen molar-refractivity contribution in [3.05, 3.63) is 34.9 Å². The first-order valence-corrected chi connectivity index (χ1v) is 8.28. The summed E-state index contributed by atoms with van der Waals surface area (Å²) in [5.74, 6) is 0.874. The molecule has 1 aliphatic heterocycles. The Bertz CT molecular complexity index is 536. The van der Waals surface area contributed by atoms with Crippen molar-refractivity contribution in [3.63, 3.8) is 0 Å². The summed E-state index contributed by atoms with van der Waals surface area (Å²) in [7, 11) is 0. The van der Waals surface area contributed by atoms with E-state index < -0.39 is 0 Å². The summed E-state index contributed by atoms with van der Waals surface area (Å²) in [6, 6.07) is 7.93. The van der Waals surface area contributed by atoms with Gasteiger partial charge in [0.15, 0.2) is 5.96 Å². The number of halogens is 2. The van der Waals surface area contributed by atoms with Crippen LogP contribution in [0, 0.1) is 0 Å². The maximum Gasteiger partial charge on any atom is 0.194 e. The van der Waals surface area contributed by atoms with Crippen LogP contribution < -0.4 is 5.32 Å². The molecule has 23 heavy (non-hydrogen) atoms. The first kappa shape index (κ1) is 20.5. The highest BCUT2D eigenvalue weighted by Crippen LogP contribution is 2.30. The lowest BCUT2D eigenvalue weighted by atomic mass is 9.85. The molecule has 0 radical (unpaired) electrons. The van der Waals surface area contributed by atoms with Crippen molar-refractivity contribution in [3.8, 4) is 0 Å². The average molecular weight is 452 g/mol. The van der Waals surface area contributed by atoms with E-state index in [-0.39, 0.29) is 35.5 Å². The van der Waals surface area contributed by atoms with E-state index in [0.717, 1.165) is 36.1 Å². The summed E-state index contributed by atoms with van der Waals surface area (Å²) >= 11 is 6.32. The van der Waals surface area contributed by atoms with Crippen LogP contribution in [0.15, 0.2) is 29.3 Å². The summed E-state index contributed by atoms with van der Waals surface area (Å²) in [6.07, 6.45) is 0.554. The molecule has 0 saturated carbocycles. The van der Waals surface area contributed by atoms with Gasteiger partial charge in [0.2, 0.25) is 0 Å². The second-order valence-electron chi connectivity index (χ2n) is 6.42. The molecule has 1 atom stereocenters. The fourth-order valence-corrected chi connectivity index (χ4v) is 3.12. The van der Waals surface area contributed by atoms with Gasteiger partial charge in [-0.3, -0.25) is 4.99 Å². The lowest BCUT2D eigenvalue weighted by Crippen LogP contribution is -2.41. The minimum atomic E-state index is -0.250. The van der Waals surface area contributed by atoms with Crippen molar-refractivity contribution < 1.29 is 5.11 Å². The van der Waals surface area contributed by atoms with Crippen LogP contribution in [0.2, 0.25) is 5.02 Å². The van der Waals surface area contributed by atoms with Gasteiger partial charge in [0, 0.05) is 30.1 Å². The Hall–Kier alpha value is -0.530. The zero-order chi connectivity index (χ0) is 16.2. The van der Waals surface area contributed by atoms with Gasteiger partial charge in [0.1, 0.15) is 0 Å². The van der Waals surface area contributed by atoms with E-state index in [2.05, 4.69) is 37.1 Å². The first-order valence-electron chi connectivity index (χ1n) is 7.90. The van der Waals surface area contributed by atoms with Gasteiger partial charge < -0.3 is 15.3 Å². The smallest absolute Gasteiger partial charge is 0.194 e. The predicted molar refractivity (Wildman–Crippen MR) is 108 cm³/mol. The largest absolute Gasteiger partial charge is 0.391 e. The zero-order valence-corrected chi connectivity index (χ0v) is 17.1. The number of benzene rings is 1. The minimum Gasteiger partial charge on any atom is -0.391 e.